The maximum absolute atomic E-state index is 13.8. The number of nitrogens with zero attached hydrogens (tertiary/aromatic N) is 5. The Bertz CT molecular complexity index is 1090. The first-order valence-corrected chi connectivity index (χ1v) is 15.2. The highest BCUT2D eigenvalue weighted by Crippen LogP contribution is 2.51. The molecular formula is C26H40F3N5O2S. The second kappa shape index (κ2) is 9.54. The van der Waals surface area contributed by atoms with Crippen LogP contribution in [0.3, 0.4) is 0 Å². The number of hydrogen-bond acceptors (Lipinski definition) is 6. The first-order valence-electron chi connectivity index (χ1n) is 13.7. The van der Waals surface area contributed by atoms with E-state index in [1.54, 1.807) is 27.1 Å². The molecule has 3 heterocycles. The smallest absolute Gasteiger partial charge is 0.356 e. The molecule has 0 aromatic carbocycles. The van der Waals surface area contributed by atoms with Gasteiger partial charge in [0, 0.05) is 51.8 Å². The summed E-state index contributed by atoms with van der Waals surface area (Å²) in [6.07, 6.45) is 5.92. The predicted octanol–water partition coefficient (Wildman–Crippen LogP) is 4.93. The zero-order chi connectivity index (χ0) is 26.6. The maximum atomic E-state index is 13.8. The lowest BCUT2D eigenvalue weighted by Crippen LogP contribution is -2.56. The SMILES string of the molecule is CC(C1CCC2(C1)CN(c1cc(N3CCCC4(CCCCC4)C3)nc(C(F)(F)F)n1)C2)S(=O)(=O)N(C)C. The van der Waals surface area contributed by atoms with Crippen molar-refractivity contribution in [2.45, 2.75) is 82.6 Å². The summed E-state index contributed by atoms with van der Waals surface area (Å²) in [5.41, 5.74) is 0.144. The number of rotatable bonds is 5. The Kier molecular flexibility index (Phi) is 6.95. The van der Waals surface area contributed by atoms with Gasteiger partial charge in [0.2, 0.25) is 15.8 Å². The van der Waals surface area contributed by atoms with Crippen molar-refractivity contribution < 1.29 is 21.6 Å². The molecule has 2 saturated carbocycles. The molecule has 11 heteroatoms. The van der Waals surface area contributed by atoms with Gasteiger partial charge >= 0.3 is 6.18 Å². The van der Waals surface area contributed by atoms with Gasteiger partial charge in [-0.3, -0.25) is 0 Å². The van der Waals surface area contributed by atoms with E-state index >= 15 is 0 Å². The molecule has 0 bridgehead atoms. The fraction of sp³-hybridized carbons (Fsp3) is 0.846. The maximum Gasteiger partial charge on any atom is 0.451 e. The average molecular weight is 544 g/mol. The molecule has 4 fully saturated rings. The Balaban J connectivity index is 1.33. The van der Waals surface area contributed by atoms with Crippen molar-refractivity contribution in [3.8, 4) is 0 Å². The molecule has 2 saturated heterocycles. The number of alkyl halides is 3. The molecular weight excluding hydrogens is 503 g/mol. The zero-order valence-corrected chi connectivity index (χ0v) is 23.0. The monoisotopic (exact) mass is 543 g/mol. The lowest BCUT2D eigenvalue weighted by Gasteiger charge is -2.50. The Morgan fingerprint density at radius 1 is 0.946 bits per heavy atom. The number of sulfonamides is 1. The van der Waals surface area contributed by atoms with Crippen LogP contribution in [0.5, 0.6) is 0 Å². The topological polar surface area (TPSA) is 69.6 Å². The van der Waals surface area contributed by atoms with Crippen LogP contribution < -0.4 is 9.80 Å². The van der Waals surface area contributed by atoms with E-state index in [-0.39, 0.29) is 16.7 Å². The molecule has 2 unspecified atom stereocenters. The molecule has 4 aliphatic rings. The lowest BCUT2D eigenvalue weighted by molar-refractivity contribution is -0.144. The molecule has 0 amide bonds. The van der Waals surface area contributed by atoms with Gasteiger partial charge < -0.3 is 9.80 Å². The van der Waals surface area contributed by atoms with E-state index in [1.165, 1.54) is 23.6 Å². The van der Waals surface area contributed by atoms with Crippen molar-refractivity contribution in [2.75, 3.05) is 50.1 Å². The number of aromatic nitrogens is 2. The van der Waals surface area contributed by atoms with Crippen LogP contribution in [0, 0.1) is 16.7 Å². The van der Waals surface area contributed by atoms with Crippen LogP contribution in [0.2, 0.25) is 0 Å². The summed E-state index contributed by atoms with van der Waals surface area (Å²) in [5, 5.41) is -0.468. The average Bonchev–Trinajstić information content (AvgIpc) is 3.28. The first-order chi connectivity index (χ1) is 17.3. The summed E-state index contributed by atoms with van der Waals surface area (Å²) in [6, 6.07) is 1.75. The molecule has 208 valence electrons. The lowest BCUT2D eigenvalue weighted by atomic mass is 9.69. The highest BCUT2D eigenvalue weighted by Gasteiger charge is 2.51. The van der Waals surface area contributed by atoms with Gasteiger partial charge in [-0.1, -0.05) is 19.3 Å². The van der Waals surface area contributed by atoms with Gasteiger partial charge in [0.1, 0.15) is 11.6 Å². The Morgan fingerprint density at radius 3 is 2.16 bits per heavy atom. The normalized spacial score (nSPS) is 26.6. The van der Waals surface area contributed by atoms with E-state index in [0.29, 0.717) is 24.7 Å². The van der Waals surface area contributed by atoms with Crippen molar-refractivity contribution in [1.82, 2.24) is 14.3 Å². The third-order valence-corrected chi connectivity index (χ3v) is 12.0. The van der Waals surface area contributed by atoms with Crippen LogP contribution in [0.1, 0.15) is 77.0 Å². The molecule has 1 aromatic heterocycles. The first kappa shape index (κ1) is 27.0. The van der Waals surface area contributed by atoms with E-state index in [1.807, 2.05) is 4.90 Å². The standard InChI is InChI=1S/C26H40F3N5O2S/c1-19(37(35,36)32(2)3)20-8-12-25(15-20)17-34(18-25)22-14-21(30-23(31-22)26(27,28)29)33-13-7-11-24(16-33)9-5-4-6-10-24/h14,19-20H,4-13,15-18H2,1-3H3. The summed E-state index contributed by atoms with van der Waals surface area (Å²) in [6.45, 7) is 4.48. The van der Waals surface area contributed by atoms with Gasteiger partial charge in [0.25, 0.3) is 0 Å². The molecule has 2 spiro atoms. The molecule has 0 N–H and O–H groups in total. The highest BCUT2D eigenvalue weighted by molar-refractivity contribution is 7.89. The minimum Gasteiger partial charge on any atom is -0.356 e. The van der Waals surface area contributed by atoms with E-state index in [2.05, 4.69) is 14.9 Å². The van der Waals surface area contributed by atoms with E-state index in [9.17, 15) is 21.6 Å². The van der Waals surface area contributed by atoms with Crippen LogP contribution >= 0.6 is 0 Å². The van der Waals surface area contributed by atoms with Crippen molar-refractivity contribution in [1.29, 1.82) is 0 Å². The Labute approximate surface area is 218 Å². The number of anilines is 2. The summed E-state index contributed by atoms with van der Waals surface area (Å²) >= 11 is 0. The molecule has 1 aromatic rings. The molecule has 2 aliphatic heterocycles. The quantitative estimate of drug-likeness (QED) is 0.525. The fourth-order valence-corrected chi connectivity index (χ4v) is 8.81. The van der Waals surface area contributed by atoms with E-state index in [0.717, 1.165) is 58.0 Å². The third-order valence-electron chi connectivity index (χ3n) is 9.61. The van der Waals surface area contributed by atoms with Crippen LogP contribution in [0.4, 0.5) is 24.8 Å². The van der Waals surface area contributed by atoms with Crippen molar-refractivity contribution >= 4 is 21.7 Å². The van der Waals surface area contributed by atoms with E-state index < -0.39 is 27.3 Å². The van der Waals surface area contributed by atoms with Crippen LogP contribution in [0.25, 0.3) is 0 Å². The largest absolute Gasteiger partial charge is 0.451 e. The predicted molar refractivity (Wildman–Crippen MR) is 138 cm³/mol. The van der Waals surface area contributed by atoms with Gasteiger partial charge in [0.05, 0.1) is 5.25 Å². The number of hydrogen-bond donors (Lipinski definition) is 0. The summed E-state index contributed by atoms with van der Waals surface area (Å²) in [4.78, 5) is 11.9. The van der Waals surface area contributed by atoms with Crippen molar-refractivity contribution in [3.63, 3.8) is 0 Å². The highest BCUT2D eigenvalue weighted by atomic mass is 32.2. The Hall–Kier alpha value is -1.62. The summed E-state index contributed by atoms with van der Waals surface area (Å²) < 4.78 is 68.1. The van der Waals surface area contributed by atoms with Crippen LogP contribution in [-0.2, 0) is 16.2 Å². The minimum absolute atomic E-state index is 0.0540. The molecule has 2 aliphatic carbocycles. The molecule has 37 heavy (non-hydrogen) atoms. The fourth-order valence-electron chi connectivity index (χ4n) is 7.43. The van der Waals surface area contributed by atoms with Gasteiger partial charge in [0.15, 0.2) is 0 Å². The summed E-state index contributed by atoms with van der Waals surface area (Å²) in [7, 11) is -0.223. The molecule has 7 nitrogen and oxygen atoms in total. The second-order valence-electron chi connectivity index (χ2n) is 12.4. The van der Waals surface area contributed by atoms with Crippen molar-refractivity contribution in [3.05, 3.63) is 11.9 Å². The molecule has 5 rings (SSSR count). The van der Waals surface area contributed by atoms with E-state index in [4.69, 9.17) is 0 Å². The zero-order valence-electron chi connectivity index (χ0n) is 22.2. The summed E-state index contributed by atoms with van der Waals surface area (Å²) in [5.74, 6) is -0.290. The number of piperidine rings is 1. The Morgan fingerprint density at radius 2 is 1.54 bits per heavy atom. The molecule has 2 atom stereocenters. The number of halogens is 3. The minimum atomic E-state index is -4.61. The van der Waals surface area contributed by atoms with Gasteiger partial charge in [-0.2, -0.15) is 13.2 Å². The van der Waals surface area contributed by atoms with Gasteiger partial charge in [-0.05, 0) is 63.2 Å². The van der Waals surface area contributed by atoms with Crippen LogP contribution in [0.15, 0.2) is 6.07 Å². The molecule has 0 radical (unpaired) electrons. The van der Waals surface area contributed by atoms with Gasteiger partial charge in [-0.25, -0.2) is 22.7 Å². The second-order valence-corrected chi connectivity index (χ2v) is 14.9. The van der Waals surface area contributed by atoms with Crippen LogP contribution in [-0.4, -0.2) is 68.2 Å². The third kappa shape index (κ3) is 5.18. The van der Waals surface area contributed by atoms with Gasteiger partial charge in [-0.15, -0.1) is 0 Å². The van der Waals surface area contributed by atoms with Crippen molar-refractivity contribution in [2.24, 2.45) is 16.7 Å².